The Morgan fingerprint density at radius 3 is 2.03 bits per heavy atom. The normalized spacial score (nSPS) is 12.3. The van der Waals surface area contributed by atoms with Crippen LogP contribution in [0.15, 0.2) is 97.5 Å². The van der Waals surface area contributed by atoms with E-state index in [0.717, 1.165) is 22.4 Å². The second kappa shape index (κ2) is 9.16. The average molecular weight is 429 g/mol. The largest absolute Gasteiger partial charge is 0.468 e. The maximum absolute atomic E-state index is 13.9. The third-order valence-electron chi connectivity index (χ3n) is 5.68. The molecule has 4 rings (SSSR count). The number of rotatable bonds is 7. The minimum atomic E-state index is -0.856. The Morgan fingerprint density at radius 2 is 1.50 bits per heavy atom. The first-order chi connectivity index (χ1) is 15.6. The fourth-order valence-electron chi connectivity index (χ4n) is 4.24. The molecular formula is C26H24FN3O2. The minimum Gasteiger partial charge on any atom is -0.468 e. The second-order valence-corrected chi connectivity index (χ2v) is 7.55. The molecule has 5 nitrogen and oxygen atoms in total. The Bertz CT molecular complexity index is 1140. The van der Waals surface area contributed by atoms with Crippen molar-refractivity contribution in [2.75, 3.05) is 7.11 Å². The first-order valence-corrected chi connectivity index (χ1v) is 10.3. The Kier molecular flexibility index (Phi) is 6.14. The number of carbonyl (C=O) groups excluding carboxylic acids is 1. The SMILES string of the molecule is COC(=O)C(N)Cn1cncc1C(c1ccccc1)(c1ccccc1)c1ccc(F)cc1. The summed E-state index contributed by atoms with van der Waals surface area (Å²) in [6.07, 6.45) is 3.43. The molecule has 6 heteroatoms. The van der Waals surface area contributed by atoms with Crippen molar-refractivity contribution in [1.29, 1.82) is 0 Å². The molecule has 2 N–H and O–H groups in total. The van der Waals surface area contributed by atoms with Gasteiger partial charge in [-0.2, -0.15) is 0 Å². The number of hydrogen-bond acceptors (Lipinski definition) is 4. The second-order valence-electron chi connectivity index (χ2n) is 7.55. The van der Waals surface area contributed by atoms with E-state index >= 15 is 0 Å². The summed E-state index contributed by atoms with van der Waals surface area (Å²) in [5, 5.41) is 0. The lowest BCUT2D eigenvalue weighted by Gasteiger charge is -2.37. The van der Waals surface area contributed by atoms with Crippen molar-refractivity contribution in [1.82, 2.24) is 9.55 Å². The number of esters is 1. The number of ether oxygens (including phenoxy) is 1. The van der Waals surface area contributed by atoms with E-state index in [-0.39, 0.29) is 12.4 Å². The van der Waals surface area contributed by atoms with E-state index in [0.29, 0.717) is 0 Å². The lowest BCUT2D eigenvalue weighted by Crippen LogP contribution is -2.39. The van der Waals surface area contributed by atoms with E-state index in [1.165, 1.54) is 19.2 Å². The number of halogens is 1. The summed E-state index contributed by atoms with van der Waals surface area (Å²) in [6.45, 7) is 0.185. The smallest absolute Gasteiger partial charge is 0.324 e. The van der Waals surface area contributed by atoms with Gasteiger partial charge in [0.2, 0.25) is 0 Å². The fraction of sp³-hybridized carbons (Fsp3) is 0.154. The Morgan fingerprint density at radius 1 is 0.969 bits per heavy atom. The van der Waals surface area contributed by atoms with Crippen molar-refractivity contribution < 1.29 is 13.9 Å². The minimum absolute atomic E-state index is 0.185. The van der Waals surface area contributed by atoms with Crippen LogP contribution in [0.25, 0.3) is 0 Å². The Labute approximate surface area is 186 Å². The average Bonchev–Trinajstić information content (AvgIpc) is 3.30. The zero-order chi connectivity index (χ0) is 22.6. The quantitative estimate of drug-likeness (QED) is 0.357. The van der Waals surface area contributed by atoms with E-state index in [9.17, 15) is 9.18 Å². The predicted octanol–water partition coefficient (Wildman–Crippen LogP) is 3.91. The maximum atomic E-state index is 13.9. The van der Waals surface area contributed by atoms with Gasteiger partial charge in [-0.3, -0.25) is 4.79 Å². The number of aromatic nitrogens is 2. The molecule has 1 atom stereocenters. The lowest BCUT2D eigenvalue weighted by molar-refractivity contribution is -0.142. The molecule has 0 spiro atoms. The van der Waals surface area contributed by atoms with Gasteiger partial charge in [0.15, 0.2) is 0 Å². The molecule has 0 aliphatic heterocycles. The highest BCUT2D eigenvalue weighted by Gasteiger charge is 2.41. The van der Waals surface area contributed by atoms with Crippen molar-refractivity contribution in [3.63, 3.8) is 0 Å². The maximum Gasteiger partial charge on any atom is 0.324 e. The first-order valence-electron chi connectivity index (χ1n) is 10.3. The monoisotopic (exact) mass is 429 g/mol. The van der Waals surface area contributed by atoms with Crippen LogP contribution in [0.4, 0.5) is 4.39 Å². The van der Waals surface area contributed by atoms with Gasteiger partial charge in [0, 0.05) is 12.7 Å². The van der Waals surface area contributed by atoms with Crippen LogP contribution in [0.3, 0.4) is 0 Å². The molecule has 0 aliphatic carbocycles. The van der Waals surface area contributed by atoms with E-state index < -0.39 is 17.4 Å². The molecule has 0 fully saturated rings. The molecule has 1 heterocycles. The van der Waals surface area contributed by atoms with Gasteiger partial charge in [0.1, 0.15) is 11.9 Å². The highest BCUT2D eigenvalue weighted by Crippen LogP contribution is 2.45. The Hall–Kier alpha value is -3.77. The summed E-state index contributed by atoms with van der Waals surface area (Å²) in [4.78, 5) is 16.4. The van der Waals surface area contributed by atoms with E-state index in [1.54, 1.807) is 24.7 Å². The van der Waals surface area contributed by atoms with Crippen LogP contribution in [-0.2, 0) is 21.5 Å². The molecule has 1 unspecified atom stereocenters. The molecule has 0 saturated carbocycles. The molecule has 3 aromatic carbocycles. The Balaban J connectivity index is 2.02. The van der Waals surface area contributed by atoms with Crippen molar-refractivity contribution in [3.8, 4) is 0 Å². The van der Waals surface area contributed by atoms with E-state index in [4.69, 9.17) is 10.5 Å². The fourth-order valence-corrected chi connectivity index (χ4v) is 4.24. The highest BCUT2D eigenvalue weighted by molar-refractivity contribution is 5.75. The van der Waals surface area contributed by atoms with Gasteiger partial charge < -0.3 is 15.0 Å². The zero-order valence-corrected chi connectivity index (χ0v) is 17.7. The van der Waals surface area contributed by atoms with E-state index in [1.807, 2.05) is 65.2 Å². The van der Waals surface area contributed by atoms with Crippen LogP contribution >= 0.6 is 0 Å². The van der Waals surface area contributed by atoms with Gasteiger partial charge in [-0.15, -0.1) is 0 Å². The summed E-state index contributed by atoms with van der Waals surface area (Å²) in [5.41, 5.74) is 8.91. The third kappa shape index (κ3) is 3.81. The van der Waals surface area contributed by atoms with Crippen LogP contribution in [-0.4, -0.2) is 28.7 Å². The topological polar surface area (TPSA) is 70.1 Å². The third-order valence-corrected chi connectivity index (χ3v) is 5.68. The predicted molar refractivity (Wildman–Crippen MR) is 120 cm³/mol. The molecule has 1 aromatic heterocycles. The van der Waals surface area contributed by atoms with Gasteiger partial charge in [-0.1, -0.05) is 72.8 Å². The number of nitrogens with zero attached hydrogens (tertiary/aromatic N) is 2. The van der Waals surface area contributed by atoms with Gasteiger partial charge in [-0.25, -0.2) is 9.37 Å². The van der Waals surface area contributed by atoms with Gasteiger partial charge in [0.05, 0.1) is 24.5 Å². The molecule has 4 aromatic rings. The summed E-state index contributed by atoms with van der Waals surface area (Å²) in [5.74, 6) is -0.818. The molecule has 0 amide bonds. The number of carbonyl (C=O) groups is 1. The number of methoxy groups -OCH3 is 1. The molecule has 0 bridgehead atoms. The summed E-state index contributed by atoms with van der Waals surface area (Å²) < 4.78 is 20.6. The summed E-state index contributed by atoms with van der Waals surface area (Å²) in [7, 11) is 1.31. The number of nitrogens with two attached hydrogens (primary N) is 1. The number of hydrogen-bond donors (Lipinski definition) is 1. The molecular weight excluding hydrogens is 405 g/mol. The van der Waals surface area contributed by atoms with Gasteiger partial charge in [-0.05, 0) is 28.8 Å². The van der Waals surface area contributed by atoms with Crippen LogP contribution in [0.5, 0.6) is 0 Å². The van der Waals surface area contributed by atoms with Crippen LogP contribution in [0.1, 0.15) is 22.4 Å². The summed E-state index contributed by atoms with van der Waals surface area (Å²) in [6, 6.07) is 25.6. The molecule has 32 heavy (non-hydrogen) atoms. The van der Waals surface area contributed by atoms with Crippen molar-refractivity contribution in [2.45, 2.75) is 18.0 Å². The zero-order valence-electron chi connectivity index (χ0n) is 17.7. The summed E-state index contributed by atoms with van der Waals surface area (Å²) >= 11 is 0. The van der Waals surface area contributed by atoms with Crippen molar-refractivity contribution >= 4 is 5.97 Å². The van der Waals surface area contributed by atoms with Crippen molar-refractivity contribution in [2.24, 2.45) is 5.73 Å². The number of benzene rings is 3. The van der Waals surface area contributed by atoms with Gasteiger partial charge >= 0.3 is 5.97 Å². The number of imidazole rings is 1. The van der Waals surface area contributed by atoms with Crippen molar-refractivity contribution in [3.05, 3.63) is 126 Å². The standard InChI is InChI=1S/C26H24FN3O2/c1-32-25(31)23(28)17-30-18-29-16-24(30)26(19-8-4-2-5-9-19,20-10-6-3-7-11-20)21-12-14-22(27)15-13-21/h2-16,18,23H,17,28H2,1H3. The molecule has 0 radical (unpaired) electrons. The van der Waals surface area contributed by atoms with Crippen LogP contribution < -0.4 is 5.73 Å². The lowest BCUT2D eigenvalue weighted by atomic mass is 9.67. The highest BCUT2D eigenvalue weighted by atomic mass is 19.1. The molecule has 0 aliphatic rings. The van der Waals surface area contributed by atoms with Gasteiger partial charge in [0.25, 0.3) is 0 Å². The first kappa shape index (κ1) is 21.5. The van der Waals surface area contributed by atoms with E-state index in [2.05, 4.69) is 4.98 Å². The molecule has 162 valence electrons. The van der Waals surface area contributed by atoms with Crippen LogP contribution in [0, 0.1) is 5.82 Å². The molecule has 0 saturated heterocycles. The van der Waals surface area contributed by atoms with Crippen LogP contribution in [0.2, 0.25) is 0 Å².